The first-order valence-corrected chi connectivity index (χ1v) is 8.22. The van der Waals surface area contributed by atoms with Crippen molar-refractivity contribution in [3.8, 4) is 0 Å². The quantitative estimate of drug-likeness (QED) is 0.576. The number of carbonyl (C=O) groups is 2. The molecule has 0 bridgehead atoms. The summed E-state index contributed by atoms with van der Waals surface area (Å²) in [6.07, 6.45) is -0.0148. The topological polar surface area (TPSA) is 99.3 Å². The van der Waals surface area contributed by atoms with Gasteiger partial charge >= 0.3 is 29.0 Å². The van der Waals surface area contributed by atoms with E-state index >= 15 is 0 Å². The number of carboxylic acids is 1. The van der Waals surface area contributed by atoms with Gasteiger partial charge in [0.05, 0.1) is 0 Å². The Hall–Kier alpha value is -2.35. The summed E-state index contributed by atoms with van der Waals surface area (Å²) in [5.41, 5.74) is 1.14. The second-order valence-corrected chi connectivity index (χ2v) is 6.22. The van der Waals surface area contributed by atoms with Gasteiger partial charge in [-0.25, -0.2) is 4.79 Å². The number of nitrogens with one attached hydrogen (secondary N) is 2. The van der Waals surface area contributed by atoms with E-state index in [1.54, 1.807) is 36.4 Å². The molecule has 1 aromatic heterocycles. The Labute approximate surface area is 178 Å². The van der Waals surface area contributed by atoms with Crippen molar-refractivity contribution in [2.75, 3.05) is 0 Å². The van der Waals surface area contributed by atoms with Crippen LogP contribution in [0.25, 0.3) is 10.9 Å². The second-order valence-electron chi connectivity index (χ2n) is 5.78. The maximum Gasteiger partial charge on any atom is 2.00 e. The molecule has 0 aliphatic heterocycles. The molecule has 6 nitrogen and oxygen atoms in total. The van der Waals surface area contributed by atoms with Crippen LogP contribution in [-0.2, 0) is 11.2 Å². The number of aromatic amines is 1. The van der Waals surface area contributed by atoms with Crippen LogP contribution in [0.4, 0.5) is 0 Å². The number of fused-ring (bicyclic) bond motifs is 1. The molecule has 0 radical (unpaired) electrons. The Morgan fingerprint density at radius 2 is 1.81 bits per heavy atom. The fourth-order valence-corrected chi connectivity index (χ4v) is 2.83. The Morgan fingerprint density at radius 1 is 1.15 bits per heavy atom. The summed E-state index contributed by atoms with van der Waals surface area (Å²) in [5, 5.41) is 13.2. The normalized spacial score (nSPS) is 11.4. The van der Waals surface area contributed by atoms with Gasteiger partial charge in [-0.3, -0.25) is 9.59 Å². The van der Waals surface area contributed by atoms with Crippen LogP contribution in [0.3, 0.4) is 0 Å². The number of hydrogen-bond acceptors (Lipinski definition) is 3. The maximum atomic E-state index is 12.3. The van der Waals surface area contributed by atoms with Crippen molar-refractivity contribution < 1.29 is 17.5 Å². The van der Waals surface area contributed by atoms with Gasteiger partial charge < -0.3 is 18.3 Å². The summed E-state index contributed by atoms with van der Waals surface area (Å²) in [4.78, 5) is 38.5. The summed E-state index contributed by atoms with van der Waals surface area (Å²) in [5.74, 6) is -1.71. The monoisotopic (exact) mass is 396 g/mol. The predicted octanol–water partition coefficient (Wildman–Crippen LogP) is 2.45. The van der Waals surface area contributed by atoms with Crippen LogP contribution in [0.2, 0.25) is 5.02 Å². The SMILES string of the molecule is O=C(NC(Cc1cc(=O)[nH]c2ccccc12)C(=O)O)c1ccc(Cl)cc1.[H-].[H-].[Mg+2]. The Kier molecular flexibility index (Phi) is 7.01. The molecule has 8 heteroatoms. The average Bonchev–Trinajstić information content (AvgIpc) is 2.61. The number of hydrogen-bond donors (Lipinski definition) is 3. The Morgan fingerprint density at radius 3 is 2.48 bits per heavy atom. The van der Waals surface area contributed by atoms with Crippen LogP contribution in [-0.4, -0.2) is 51.1 Å². The molecule has 0 fully saturated rings. The number of benzene rings is 2. The fourth-order valence-electron chi connectivity index (χ4n) is 2.71. The molecule has 3 aromatic rings. The van der Waals surface area contributed by atoms with Crippen molar-refractivity contribution in [1.29, 1.82) is 0 Å². The number of pyridine rings is 1. The third-order valence-corrected chi connectivity index (χ3v) is 4.22. The van der Waals surface area contributed by atoms with Gasteiger partial charge in [-0.2, -0.15) is 0 Å². The van der Waals surface area contributed by atoms with Crippen LogP contribution >= 0.6 is 11.6 Å². The molecular weight excluding hydrogens is 380 g/mol. The minimum Gasteiger partial charge on any atom is -1.00 e. The summed E-state index contributed by atoms with van der Waals surface area (Å²) in [6.45, 7) is 0. The summed E-state index contributed by atoms with van der Waals surface area (Å²) >= 11 is 5.79. The zero-order chi connectivity index (χ0) is 18.7. The molecule has 2 aromatic carbocycles. The van der Waals surface area contributed by atoms with E-state index in [-0.39, 0.29) is 37.9 Å². The molecule has 1 heterocycles. The number of carbonyl (C=O) groups excluding carboxylic acids is 1. The third-order valence-electron chi connectivity index (χ3n) is 3.97. The van der Waals surface area contributed by atoms with Crippen molar-refractivity contribution in [2.24, 2.45) is 0 Å². The van der Waals surface area contributed by atoms with Crippen LogP contribution in [0.5, 0.6) is 0 Å². The van der Waals surface area contributed by atoms with Gasteiger partial charge in [0, 0.05) is 34.0 Å². The van der Waals surface area contributed by atoms with E-state index in [1.165, 1.54) is 18.2 Å². The van der Waals surface area contributed by atoms with Crippen molar-refractivity contribution >= 4 is 57.4 Å². The standard InChI is InChI=1S/C19H15ClN2O4.Mg.2H/c20-13-7-5-11(6-8-13)18(24)22-16(19(25)26)9-12-10-17(23)21-15-4-2-1-3-14(12)15;;;/h1-8,10,16H,9H2,(H,21,23)(H,22,24)(H,25,26);;;/q;+2;2*-1. The summed E-state index contributed by atoms with van der Waals surface area (Å²) in [6, 6.07) is 13.4. The van der Waals surface area contributed by atoms with Gasteiger partial charge in [0.2, 0.25) is 5.56 Å². The van der Waals surface area contributed by atoms with E-state index in [9.17, 15) is 19.5 Å². The number of aliphatic carboxylic acids is 1. The molecule has 1 atom stereocenters. The summed E-state index contributed by atoms with van der Waals surface area (Å²) in [7, 11) is 0. The molecule has 136 valence electrons. The van der Waals surface area contributed by atoms with Gasteiger partial charge in [-0.05, 0) is 35.9 Å². The van der Waals surface area contributed by atoms with Crippen LogP contribution < -0.4 is 10.9 Å². The van der Waals surface area contributed by atoms with Crippen molar-refractivity contribution in [1.82, 2.24) is 10.3 Å². The Bertz CT molecular complexity index is 1040. The first kappa shape index (κ1) is 21.0. The van der Waals surface area contributed by atoms with Crippen molar-refractivity contribution in [3.63, 3.8) is 0 Å². The molecule has 0 aliphatic carbocycles. The fraction of sp³-hybridized carbons (Fsp3) is 0.105. The number of halogens is 1. The molecule has 3 N–H and O–H groups in total. The minimum absolute atomic E-state index is 0. The van der Waals surface area contributed by atoms with E-state index in [2.05, 4.69) is 10.3 Å². The molecule has 0 spiro atoms. The maximum absolute atomic E-state index is 12.3. The molecule has 27 heavy (non-hydrogen) atoms. The van der Waals surface area contributed by atoms with E-state index < -0.39 is 17.9 Å². The number of rotatable bonds is 5. The van der Waals surface area contributed by atoms with Gasteiger partial charge in [-0.1, -0.05) is 29.8 Å². The van der Waals surface area contributed by atoms with E-state index in [0.717, 1.165) is 5.39 Å². The zero-order valence-corrected chi connectivity index (χ0v) is 16.4. The molecule has 1 amide bonds. The molecule has 0 saturated carbocycles. The molecular formula is C19H17ClMgN2O4. The number of aromatic nitrogens is 1. The number of para-hydroxylation sites is 1. The second kappa shape index (κ2) is 9.03. The molecule has 0 aliphatic rings. The van der Waals surface area contributed by atoms with Crippen molar-refractivity contribution in [2.45, 2.75) is 12.5 Å². The first-order valence-electron chi connectivity index (χ1n) is 7.84. The van der Waals surface area contributed by atoms with Gasteiger partial charge in [0.15, 0.2) is 0 Å². The van der Waals surface area contributed by atoms with Crippen LogP contribution in [0, 0.1) is 0 Å². The van der Waals surface area contributed by atoms with Crippen LogP contribution in [0.15, 0.2) is 59.4 Å². The number of carboxylic acid groups (broad SMARTS) is 1. The molecule has 1 unspecified atom stereocenters. The van der Waals surface area contributed by atoms with E-state index in [1.807, 2.05) is 0 Å². The van der Waals surface area contributed by atoms with Gasteiger partial charge in [-0.15, -0.1) is 0 Å². The zero-order valence-electron chi connectivity index (χ0n) is 16.2. The molecule has 3 rings (SSSR count). The number of amides is 1. The van der Waals surface area contributed by atoms with E-state index in [4.69, 9.17) is 11.6 Å². The average molecular weight is 397 g/mol. The van der Waals surface area contributed by atoms with Crippen LogP contribution in [0.1, 0.15) is 18.8 Å². The van der Waals surface area contributed by atoms with Gasteiger partial charge in [0.1, 0.15) is 6.04 Å². The predicted molar refractivity (Wildman–Crippen MR) is 107 cm³/mol. The minimum atomic E-state index is -1.18. The smallest absolute Gasteiger partial charge is 1.00 e. The Balaban J connectivity index is 0.00000261. The van der Waals surface area contributed by atoms with Gasteiger partial charge in [0.25, 0.3) is 5.91 Å². The largest absolute Gasteiger partial charge is 2.00 e. The van der Waals surface area contributed by atoms with Crippen molar-refractivity contribution in [3.05, 3.63) is 81.1 Å². The molecule has 0 saturated heterocycles. The summed E-state index contributed by atoms with van der Waals surface area (Å²) < 4.78 is 0. The third kappa shape index (κ3) is 5.09. The first-order chi connectivity index (χ1) is 12.4. The number of H-pyrrole nitrogens is 1. The van der Waals surface area contributed by atoms with E-state index in [0.29, 0.717) is 21.7 Å².